The van der Waals surface area contributed by atoms with Crippen LogP contribution >= 0.6 is 15.9 Å². The average Bonchev–Trinajstić information content (AvgIpc) is 2.64. The van der Waals surface area contributed by atoms with Gasteiger partial charge in [-0.3, -0.25) is 4.79 Å². The van der Waals surface area contributed by atoms with Crippen molar-refractivity contribution in [1.29, 1.82) is 0 Å². The summed E-state index contributed by atoms with van der Waals surface area (Å²) in [6, 6.07) is 0. The van der Waals surface area contributed by atoms with E-state index in [1.807, 2.05) is 20.8 Å². The molecular formula is C14H20BrNO3. The van der Waals surface area contributed by atoms with Gasteiger partial charge in [0.25, 0.3) is 5.91 Å². The first kappa shape index (κ1) is 14.6. The zero-order valence-electron chi connectivity index (χ0n) is 11.6. The molecule has 1 aliphatic rings. The minimum atomic E-state index is -0.209. The molecule has 1 N–H and O–H groups in total. The number of halogens is 1. The first-order chi connectivity index (χ1) is 8.99. The highest BCUT2D eigenvalue weighted by molar-refractivity contribution is 9.09. The monoisotopic (exact) mass is 329 g/mol. The molecule has 1 amide bonds. The normalized spacial score (nSPS) is 18.3. The van der Waals surface area contributed by atoms with Crippen LogP contribution in [0.25, 0.3) is 0 Å². The van der Waals surface area contributed by atoms with E-state index in [1.54, 1.807) is 0 Å². The Balaban J connectivity index is 2.20. The van der Waals surface area contributed by atoms with E-state index in [2.05, 4.69) is 21.2 Å². The van der Waals surface area contributed by atoms with Crippen molar-refractivity contribution in [2.75, 3.05) is 18.5 Å². The van der Waals surface area contributed by atoms with Crippen molar-refractivity contribution >= 4 is 21.8 Å². The summed E-state index contributed by atoms with van der Waals surface area (Å²) in [6.07, 6.45) is 1.66. The molecular weight excluding hydrogens is 310 g/mol. The largest absolute Gasteiger partial charge is 0.466 e. The van der Waals surface area contributed by atoms with Gasteiger partial charge in [-0.05, 0) is 33.6 Å². The maximum absolute atomic E-state index is 12.5. The van der Waals surface area contributed by atoms with Crippen LogP contribution in [-0.2, 0) is 4.74 Å². The van der Waals surface area contributed by atoms with Crippen molar-refractivity contribution in [2.45, 2.75) is 39.2 Å². The van der Waals surface area contributed by atoms with Gasteiger partial charge in [-0.25, -0.2) is 0 Å². The zero-order chi connectivity index (χ0) is 14.0. The predicted molar refractivity (Wildman–Crippen MR) is 77.0 cm³/mol. The third-order valence-corrected chi connectivity index (χ3v) is 4.95. The molecule has 0 bridgehead atoms. The Labute approximate surface area is 122 Å². The molecule has 1 aromatic rings. The quantitative estimate of drug-likeness (QED) is 0.867. The number of rotatable bonds is 3. The number of ether oxygens (including phenoxy) is 1. The third-order valence-electron chi connectivity index (χ3n) is 3.87. The molecule has 19 heavy (non-hydrogen) atoms. The van der Waals surface area contributed by atoms with Crippen LogP contribution in [0.1, 0.15) is 40.3 Å². The maximum Gasteiger partial charge on any atom is 0.255 e. The molecule has 2 heterocycles. The van der Waals surface area contributed by atoms with Gasteiger partial charge in [-0.2, -0.15) is 0 Å². The molecule has 0 aliphatic carbocycles. The number of hydrogen-bond acceptors (Lipinski definition) is 3. The fourth-order valence-corrected chi connectivity index (χ4v) is 3.19. The van der Waals surface area contributed by atoms with Crippen LogP contribution in [0, 0.1) is 20.8 Å². The van der Waals surface area contributed by atoms with Crippen LogP contribution in [0.2, 0.25) is 0 Å². The van der Waals surface area contributed by atoms with Gasteiger partial charge < -0.3 is 14.5 Å². The molecule has 0 radical (unpaired) electrons. The smallest absolute Gasteiger partial charge is 0.255 e. The predicted octanol–water partition coefficient (Wildman–Crippen LogP) is 2.88. The van der Waals surface area contributed by atoms with Crippen LogP contribution < -0.4 is 5.32 Å². The summed E-state index contributed by atoms with van der Waals surface area (Å²) in [5.74, 6) is 1.44. The van der Waals surface area contributed by atoms with Crippen molar-refractivity contribution in [3.8, 4) is 0 Å². The van der Waals surface area contributed by atoms with Gasteiger partial charge in [0.1, 0.15) is 11.5 Å². The molecule has 106 valence electrons. The SMILES string of the molecule is Cc1oc(C)c(C(=O)NC2(CBr)CCOCC2)c1C. The number of carbonyl (C=O) groups excluding carboxylic acids is 1. The van der Waals surface area contributed by atoms with Gasteiger partial charge in [-0.15, -0.1) is 0 Å². The van der Waals surface area contributed by atoms with E-state index in [9.17, 15) is 4.79 Å². The Kier molecular flexibility index (Phi) is 4.36. The van der Waals surface area contributed by atoms with Crippen LogP contribution in [0.4, 0.5) is 0 Å². The van der Waals surface area contributed by atoms with Gasteiger partial charge in [-0.1, -0.05) is 15.9 Å². The molecule has 0 spiro atoms. The molecule has 4 nitrogen and oxygen atoms in total. The lowest BCUT2D eigenvalue weighted by atomic mass is 9.91. The Morgan fingerprint density at radius 1 is 1.26 bits per heavy atom. The van der Waals surface area contributed by atoms with Crippen LogP contribution in [0.5, 0.6) is 0 Å². The van der Waals surface area contributed by atoms with Crippen LogP contribution in [0.15, 0.2) is 4.42 Å². The second kappa shape index (κ2) is 5.67. The van der Waals surface area contributed by atoms with E-state index in [-0.39, 0.29) is 11.4 Å². The van der Waals surface area contributed by atoms with Crippen molar-refractivity contribution in [1.82, 2.24) is 5.32 Å². The van der Waals surface area contributed by atoms with Crippen LogP contribution in [-0.4, -0.2) is 30.0 Å². The molecule has 0 aromatic carbocycles. The Hall–Kier alpha value is -0.810. The number of hydrogen-bond donors (Lipinski definition) is 1. The number of furan rings is 1. The molecule has 1 aromatic heterocycles. The number of alkyl halides is 1. The summed E-state index contributed by atoms with van der Waals surface area (Å²) in [6.45, 7) is 7.02. The van der Waals surface area contributed by atoms with E-state index in [1.165, 1.54) is 0 Å². The van der Waals surface area contributed by atoms with Gasteiger partial charge in [0.2, 0.25) is 0 Å². The molecule has 1 aliphatic heterocycles. The third kappa shape index (κ3) is 2.87. The molecule has 2 rings (SSSR count). The van der Waals surface area contributed by atoms with Gasteiger partial charge >= 0.3 is 0 Å². The summed E-state index contributed by atoms with van der Waals surface area (Å²) in [5, 5.41) is 3.91. The van der Waals surface area contributed by atoms with Gasteiger partial charge in [0.15, 0.2) is 0 Å². The lowest BCUT2D eigenvalue weighted by molar-refractivity contribution is 0.0441. The summed E-state index contributed by atoms with van der Waals surface area (Å²) in [7, 11) is 0. The second-order valence-electron chi connectivity index (χ2n) is 5.19. The van der Waals surface area contributed by atoms with Gasteiger partial charge in [0.05, 0.1) is 11.1 Å². The molecule has 0 unspecified atom stereocenters. The first-order valence-electron chi connectivity index (χ1n) is 6.52. The van der Waals surface area contributed by atoms with Crippen molar-refractivity contribution in [3.05, 3.63) is 22.6 Å². The second-order valence-corrected chi connectivity index (χ2v) is 5.76. The van der Waals surface area contributed by atoms with E-state index in [4.69, 9.17) is 9.15 Å². The first-order valence-corrected chi connectivity index (χ1v) is 7.64. The summed E-state index contributed by atoms with van der Waals surface area (Å²) in [5.41, 5.74) is 1.38. The fourth-order valence-electron chi connectivity index (χ4n) is 2.48. The van der Waals surface area contributed by atoms with E-state index < -0.39 is 0 Å². The maximum atomic E-state index is 12.5. The van der Waals surface area contributed by atoms with E-state index >= 15 is 0 Å². The van der Waals surface area contributed by atoms with E-state index in [0.29, 0.717) is 24.5 Å². The van der Waals surface area contributed by atoms with Crippen LogP contribution in [0.3, 0.4) is 0 Å². The molecule has 5 heteroatoms. The Morgan fingerprint density at radius 3 is 2.37 bits per heavy atom. The lowest BCUT2D eigenvalue weighted by Crippen LogP contribution is -2.53. The van der Waals surface area contributed by atoms with Crippen molar-refractivity contribution in [2.24, 2.45) is 0 Å². The highest BCUT2D eigenvalue weighted by Gasteiger charge is 2.34. The van der Waals surface area contributed by atoms with E-state index in [0.717, 1.165) is 29.5 Å². The Morgan fingerprint density at radius 2 is 1.89 bits per heavy atom. The van der Waals surface area contributed by atoms with Crippen molar-refractivity contribution < 1.29 is 13.9 Å². The minimum Gasteiger partial charge on any atom is -0.466 e. The highest BCUT2D eigenvalue weighted by Crippen LogP contribution is 2.26. The standard InChI is InChI=1S/C14H20BrNO3/c1-9-10(2)19-11(3)12(9)13(17)16-14(8-15)4-6-18-7-5-14/h4-8H2,1-3H3,(H,16,17). The summed E-state index contributed by atoms with van der Waals surface area (Å²) >= 11 is 3.52. The molecule has 0 atom stereocenters. The molecule has 1 saturated heterocycles. The lowest BCUT2D eigenvalue weighted by Gasteiger charge is -2.36. The average molecular weight is 330 g/mol. The number of amides is 1. The Bertz CT molecular complexity index is 475. The van der Waals surface area contributed by atoms with Crippen molar-refractivity contribution in [3.63, 3.8) is 0 Å². The number of carbonyl (C=O) groups is 1. The van der Waals surface area contributed by atoms with Gasteiger partial charge in [0, 0.05) is 24.1 Å². The fraction of sp³-hybridized carbons (Fsp3) is 0.643. The molecule has 1 fully saturated rings. The number of aryl methyl sites for hydroxylation is 2. The zero-order valence-corrected chi connectivity index (χ0v) is 13.2. The number of nitrogens with one attached hydrogen (secondary N) is 1. The summed E-state index contributed by atoms with van der Waals surface area (Å²) < 4.78 is 10.9. The topological polar surface area (TPSA) is 51.5 Å². The minimum absolute atomic E-state index is 0.0480. The summed E-state index contributed by atoms with van der Waals surface area (Å²) in [4.78, 5) is 12.5. The molecule has 0 saturated carbocycles. The highest BCUT2D eigenvalue weighted by atomic mass is 79.9.